The van der Waals surface area contributed by atoms with E-state index in [0.29, 0.717) is 11.3 Å². The van der Waals surface area contributed by atoms with Crippen molar-refractivity contribution in [1.82, 2.24) is 15.7 Å². The summed E-state index contributed by atoms with van der Waals surface area (Å²) in [6.45, 7) is 1.64. The van der Waals surface area contributed by atoms with Crippen molar-refractivity contribution in [3.8, 4) is 11.5 Å². The number of H-pyrrole nitrogens is 1. The molecule has 2 atom stereocenters. The monoisotopic (exact) mass is 572 g/mol. The summed E-state index contributed by atoms with van der Waals surface area (Å²) in [7, 11) is 0. The maximum Gasteiger partial charge on any atom is 0.262 e. The number of hydrogen-bond acceptors (Lipinski definition) is 5. The number of aromatic nitrogens is 1. The van der Waals surface area contributed by atoms with Gasteiger partial charge in [0.2, 0.25) is 0 Å². The molecule has 4 N–H and O–H groups in total. The number of aromatic hydroxyl groups is 1. The van der Waals surface area contributed by atoms with Crippen molar-refractivity contribution in [3.63, 3.8) is 0 Å². The fraction of sp³-hybridized carbons (Fsp3) is 0.114. The summed E-state index contributed by atoms with van der Waals surface area (Å²) in [6.07, 6.45) is 6.72. The molecule has 216 valence electrons. The average molecular weight is 573 g/mol. The lowest BCUT2D eigenvalue weighted by molar-refractivity contribution is -0.132. The van der Waals surface area contributed by atoms with E-state index in [2.05, 4.69) is 20.8 Å². The number of phenols is 1. The molecule has 1 aromatic heterocycles. The van der Waals surface area contributed by atoms with Crippen LogP contribution in [0.25, 0.3) is 23.1 Å². The Bertz CT molecular complexity index is 1730. The molecule has 0 saturated heterocycles. The van der Waals surface area contributed by atoms with E-state index in [1.54, 1.807) is 19.1 Å². The predicted molar refractivity (Wildman–Crippen MR) is 170 cm³/mol. The molecule has 8 nitrogen and oxygen atoms in total. The maximum atomic E-state index is 13.2. The summed E-state index contributed by atoms with van der Waals surface area (Å²) >= 11 is 0. The standard InChI is InChI=1S/C35H32N4O4/c1-24(43-30-19-15-26(16-20-30)12-11-25-7-3-2-4-8-25)34(41)38-33(21-28-23-36-32-10-6-5-9-31(28)32)35(42)39-37-22-27-13-17-29(40)18-14-27/h2-20,22-24,33,36,40H,21H2,1H3,(H,38,41)(H,39,42)/b12-11+,37-22+/t24?,33-/m0/s1. The van der Waals surface area contributed by atoms with E-state index in [1.807, 2.05) is 97.2 Å². The molecule has 0 aliphatic rings. The molecule has 0 bridgehead atoms. The van der Waals surface area contributed by atoms with Crippen LogP contribution in [0.5, 0.6) is 11.5 Å². The molecule has 8 heteroatoms. The number of carbonyl (C=O) groups excluding carboxylic acids is 2. The first-order valence-corrected chi connectivity index (χ1v) is 13.9. The van der Waals surface area contributed by atoms with E-state index in [9.17, 15) is 14.7 Å². The summed E-state index contributed by atoms with van der Waals surface area (Å²) in [6, 6.07) is 30.7. The van der Waals surface area contributed by atoms with Gasteiger partial charge in [-0.1, -0.05) is 72.8 Å². The van der Waals surface area contributed by atoms with Crippen LogP contribution in [0.4, 0.5) is 0 Å². The Hall–Kier alpha value is -5.63. The molecule has 0 aliphatic heterocycles. The maximum absolute atomic E-state index is 13.2. The molecule has 4 aromatic carbocycles. The molecule has 0 saturated carbocycles. The summed E-state index contributed by atoms with van der Waals surface area (Å²) in [5.74, 6) is -0.239. The Labute approximate surface area is 249 Å². The van der Waals surface area contributed by atoms with E-state index >= 15 is 0 Å². The van der Waals surface area contributed by atoms with Gasteiger partial charge in [-0.2, -0.15) is 5.10 Å². The second kappa shape index (κ2) is 13.8. The van der Waals surface area contributed by atoms with Crippen molar-refractivity contribution in [2.45, 2.75) is 25.5 Å². The zero-order chi connectivity index (χ0) is 30.0. The van der Waals surface area contributed by atoms with Gasteiger partial charge in [-0.05, 0) is 71.6 Å². The van der Waals surface area contributed by atoms with Gasteiger partial charge in [-0.15, -0.1) is 0 Å². The van der Waals surface area contributed by atoms with Gasteiger partial charge in [0.1, 0.15) is 17.5 Å². The Kier molecular flexibility index (Phi) is 9.29. The Morgan fingerprint density at radius 2 is 1.49 bits per heavy atom. The summed E-state index contributed by atoms with van der Waals surface area (Å²) in [5.41, 5.74) is 7.14. The Morgan fingerprint density at radius 1 is 0.837 bits per heavy atom. The first-order valence-electron chi connectivity index (χ1n) is 13.9. The van der Waals surface area contributed by atoms with Gasteiger partial charge >= 0.3 is 0 Å². The van der Waals surface area contributed by atoms with Crippen molar-refractivity contribution in [3.05, 3.63) is 132 Å². The Balaban J connectivity index is 1.24. The summed E-state index contributed by atoms with van der Waals surface area (Å²) in [4.78, 5) is 29.7. The van der Waals surface area contributed by atoms with E-state index in [0.717, 1.165) is 27.6 Å². The number of aromatic amines is 1. The van der Waals surface area contributed by atoms with E-state index < -0.39 is 24.0 Å². The van der Waals surface area contributed by atoms with Gasteiger partial charge in [0.15, 0.2) is 6.10 Å². The predicted octanol–water partition coefficient (Wildman–Crippen LogP) is 5.69. The number of para-hydroxylation sites is 1. The zero-order valence-electron chi connectivity index (χ0n) is 23.6. The van der Waals surface area contributed by atoms with E-state index in [1.165, 1.54) is 18.3 Å². The molecule has 5 rings (SSSR count). The van der Waals surface area contributed by atoms with Crippen LogP contribution in [0.15, 0.2) is 114 Å². The third kappa shape index (κ3) is 7.98. The minimum absolute atomic E-state index is 0.134. The number of nitrogens with zero attached hydrogens (tertiary/aromatic N) is 1. The highest BCUT2D eigenvalue weighted by atomic mass is 16.5. The number of amides is 2. The normalized spacial score (nSPS) is 12.8. The van der Waals surface area contributed by atoms with Gasteiger partial charge in [-0.25, -0.2) is 5.43 Å². The number of carbonyl (C=O) groups is 2. The number of benzene rings is 4. The number of hydrogen-bond donors (Lipinski definition) is 4. The van der Waals surface area contributed by atoms with Gasteiger partial charge in [-0.3, -0.25) is 9.59 Å². The third-order valence-electron chi connectivity index (χ3n) is 6.84. The number of phenolic OH excluding ortho intramolecular Hbond substituents is 1. The lowest BCUT2D eigenvalue weighted by Gasteiger charge is -2.20. The minimum Gasteiger partial charge on any atom is -0.508 e. The van der Waals surface area contributed by atoms with Gasteiger partial charge < -0.3 is 20.1 Å². The lowest BCUT2D eigenvalue weighted by Crippen LogP contribution is -2.50. The van der Waals surface area contributed by atoms with Crippen LogP contribution in [-0.2, 0) is 16.0 Å². The lowest BCUT2D eigenvalue weighted by atomic mass is 10.0. The SMILES string of the molecule is CC(Oc1ccc(/C=C/c2ccccc2)cc1)C(=O)N[C@@H](Cc1c[nH]c2ccccc12)C(=O)N/N=C/c1ccc(O)cc1. The van der Waals surface area contributed by atoms with Crippen LogP contribution in [0.3, 0.4) is 0 Å². The van der Waals surface area contributed by atoms with Crippen molar-refractivity contribution in [2.75, 3.05) is 0 Å². The number of hydrazone groups is 1. The fourth-order valence-corrected chi connectivity index (χ4v) is 4.50. The van der Waals surface area contributed by atoms with Crippen LogP contribution in [0.1, 0.15) is 29.2 Å². The largest absolute Gasteiger partial charge is 0.508 e. The van der Waals surface area contributed by atoms with Crippen LogP contribution in [0, 0.1) is 0 Å². The highest BCUT2D eigenvalue weighted by molar-refractivity contribution is 5.91. The van der Waals surface area contributed by atoms with Gasteiger partial charge in [0.05, 0.1) is 6.21 Å². The Morgan fingerprint density at radius 3 is 2.23 bits per heavy atom. The molecular formula is C35H32N4O4. The average Bonchev–Trinajstić information content (AvgIpc) is 3.44. The summed E-state index contributed by atoms with van der Waals surface area (Å²) in [5, 5.41) is 17.3. The molecule has 0 spiro atoms. The second-order valence-corrected chi connectivity index (χ2v) is 10.0. The molecule has 0 fully saturated rings. The molecule has 0 radical (unpaired) electrons. The quantitative estimate of drug-likeness (QED) is 0.0925. The second-order valence-electron chi connectivity index (χ2n) is 10.0. The molecule has 5 aromatic rings. The zero-order valence-corrected chi connectivity index (χ0v) is 23.6. The van der Waals surface area contributed by atoms with Gasteiger partial charge in [0.25, 0.3) is 11.8 Å². The third-order valence-corrected chi connectivity index (χ3v) is 6.84. The number of rotatable bonds is 11. The molecule has 1 heterocycles. The minimum atomic E-state index is -0.916. The molecule has 2 amide bonds. The van der Waals surface area contributed by atoms with Crippen molar-refractivity contribution >= 4 is 41.1 Å². The van der Waals surface area contributed by atoms with E-state index in [4.69, 9.17) is 4.74 Å². The molecule has 0 aliphatic carbocycles. The first-order chi connectivity index (χ1) is 20.9. The number of ether oxygens (including phenoxy) is 1. The fourth-order valence-electron chi connectivity index (χ4n) is 4.50. The first kappa shape index (κ1) is 28.9. The highest BCUT2D eigenvalue weighted by Gasteiger charge is 2.25. The van der Waals surface area contributed by atoms with Crippen LogP contribution >= 0.6 is 0 Å². The highest BCUT2D eigenvalue weighted by Crippen LogP contribution is 2.20. The molecule has 43 heavy (non-hydrogen) atoms. The molecular weight excluding hydrogens is 540 g/mol. The van der Waals surface area contributed by atoms with Crippen molar-refractivity contribution in [1.29, 1.82) is 0 Å². The van der Waals surface area contributed by atoms with Crippen molar-refractivity contribution < 1.29 is 19.4 Å². The van der Waals surface area contributed by atoms with Crippen LogP contribution < -0.4 is 15.5 Å². The van der Waals surface area contributed by atoms with Gasteiger partial charge in [0, 0.05) is 23.5 Å². The smallest absolute Gasteiger partial charge is 0.262 e. The molecule has 1 unspecified atom stereocenters. The number of nitrogens with one attached hydrogen (secondary N) is 3. The van der Waals surface area contributed by atoms with E-state index in [-0.39, 0.29) is 12.2 Å². The van der Waals surface area contributed by atoms with Crippen LogP contribution in [-0.4, -0.2) is 40.3 Å². The van der Waals surface area contributed by atoms with Crippen LogP contribution in [0.2, 0.25) is 0 Å². The summed E-state index contributed by atoms with van der Waals surface area (Å²) < 4.78 is 5.90. The topological polar surface area (TPSA) is 116 Å². The van der Waals surface area contributed by atoms with Crippen molar-refractivity contribution in [2.24, 2.45) is 5.10 Å². The number of fused-ring (bicyclic) bond motifs is 1.